The highest BCUT2D eigenvalue weighted by Crippen LogP contribution is 2.39. The first-order valence-electron chi connectivity index (χ1n) is 7.43. The van der Waals surface area contributed by atoms with Crippen molar-refractivity contribution in [1.82, 2.24) is 15.1 Å². The molecule has 1 aromatic heterocycles. The van der Waals surface area contributed by atoms with Crippen LogP contribution in [-0.4, -0.2) is 42.4 Å². The third kappa shape index (κ3) is 3.08. The average molecular weight is 319 g/mol. The van der Waals surface area contributed by atoms with Gasteiger partial charge in [0, 0.05) is 18.0 Å². The number of aryl methyl sites for hydroxylation is 1. The first kappa shape index (κ1) is 15.2. The molecule has 0 spiro atoms. The van der Waals surface area contributed by atoms with Crippen LogP contribution < -0.4 is 9.47 Å². The molecule has 118 valence electrons. The summed E-state index contributed by atoms with van der Waals surface area (Å²) in [5, 5.41) is 10.4. The van der Waals surface area contributed by atoms with E-state index in [1.165, 1.54) is 5.56 Å². The van der Waals surface area contributed by atoms with E-state index in [1.807, 2.05) is 19.1 Å². The molecule has 0 unspecified atom stereocenters. The molecular weight excluding hydrogens is 298 g/mol. The Morgan fingerprint density at radius 1 is 1.27 bits per heavy atom. The minimum absolute atomic E-state index is 0.471. The van der Waals surface area contributed by atoms with Gasteiger partial charge in [-0.25, -0.2) is 0 Å². The Morgan fingerprint density at radius 3 is 2.82 bits per heavy atom. The maximum Gasteiger partial charge on any atom is 0.164 e. The van der Waals surface area contributed by atoms with Crippen LogP contribution in [0.3, 0.4) is 0 Å². The average Bonchev–Trinajstić information content (AvgIpc) is 3.16. The zero-order valence-corrected chi connectivity index (χ0v) is 14.0. The number of hydrogen-bond donors (Lipinski definition) is 0. The minimum atomic E-state index is 0.471. The lowest BCUT2D eigenvalue weighted by molar-refractivity contribution is 0.322. The molecule has 1 saturated heterocycles. The fourth-order valence-electron chi connectivity index (χ4n) is 3.06. The van der Waals surface area contributed by atoms with Crippen LogP contribution in [0.1, 0.15) is 27.9 Å². The second-order valence-corrected chi connectivity index (χ2v) is 6.78. The van der Waals surface area contributed by atoms with Crippen molar-refractivity contribution in [2.24, 2.45) is 0 Å². The van der Waals surface area contributed by atoms with E-state index in [4.69, 9.17) is 9.47 Å². The number of para-hydroxylation sites is 1. The zero-order chi connectivity index (χ0) is 15.5. The lowest BCUT2D eigenvalue weighted by Crippen LogP contribution is -2.19. The predicted molar refractivity (Wildman–Crippen MR) is 86.8 cm³/mol. The quantitative estimate of drug-likeness (QED) is 0.848. The van der Waals surface area contributed by atoms with Gasteiger partial charge in [0.25, 0.3) is 0 Å². The number of rotatable bonds is 5. The van der Waals surface area contributed by atoms with E-state index in [9.17, 15) is 0 Å². The molecule has 0 amide bonds. The normalized spacial score (nSPS) is 18.6. The van der Waals surface area contributed by atoms with Crippen molar-refractivity contribution in [1.29, 1.82) is 0 Å². The van der Waals surface area contributed by atoms with E-state index in [2.05, 4.69) is 21.2 Å². The molecular formula is C16H21N3O2S. The SMILES string of the molecule is COc1cccc([C@H]2CCN(Cc3nnc(C)s3)C2)c1OC. The van der Waals surface area contributed by atoms with Gasteiger partial charge in [0.15, 0.2) is 11.5 Å². The topological polar surface area (TPSA) is 47.5 Å². The second-order valence-electron chi connectivity index (χ2n) is 5.52. The maximum absolute atomic E-state index is 5.57. The monoisotopic (exact) mass is 319 g/mol. The molecule has 1 aliphatic rings. The molecule has 3 rings (SSSR count). The number of aromatic nitrogens is 2. The number of methoxy groups -OCH3 is 2. The summed E-state index contributed by atoms with van der Waals surface area (Å²) in [6, 6.07) is 6.12. The van der Waals surface area contributed by atoms with E-state index < -0.39 is 0 Å². The van der Waals surface area contributed by atoms with Crippen molar-refractivity contribution < 1.29 is 9.47 Å². The van der Waals surface area contributed by atoms with Crippen molar-refractivity contribution >= 4 is 11.3 Å². The fraction of sp³-hybridized carbons (Fsp3) is 0.500. The fourth-order valence-corrected chi connectivity index (χ4v) is 3.81. The number of likely N-dealkylation sites (tertiary alicyclic amines) is 1. The van der Waals surface area contributed by atoms with Gasteiger partial charge in [-0.3, -0.25) is 4.90 Å². The number of ether oxygens (including phenoxy) is 2. The van der Waals surface area contributed by atoms with Crippen LogP contribution in [0.4, 0.5) is 0 Å². The van der Waals surface area contributed by atoms with Gasteiger partial charge in [0.1, 0.15) is 10.0 Å². The van der Waals surface area contributed by atoms with Gasteiger partial charge < -0.3 is 9.47 Å². The Kier molecular flexibility index (Phi) is 4.59. The molecule has 1 aliphatic heterocycles. The summed E-state index contributed by atoms with van der Waals surface area (Å²) in [5.74, 6) is 2.14. The predicted octanol–water partition coefficient (Wildman–Crippen LogP) is 2.85. The van der Waals surface area contributed by atoms with Crippen LogP contribution in [0, 0.1) is 6.92 Å². The van der Waals surface area contributed by atoms with E-state index in [-0.39, 0.29) is 0 Å². The van der Waals surface area contributed by atoms with Gasteiger partial charge in [0.05, 0.1) is 20.8 Å². The third-order valence-corrected chi connectivity index (χ3v) is 4.90. The molecule has 2 heterocycles. The summed E-state index contributed by atoms with van der Waals surface area (Å²) in [7, 11) is 3.39. The molecule has 0 saturated carbocycles. The van der Waals surface area contributed by atoms with Gasteiger partial charge in [-0.05, 0) is 26.0 Å². The maximum atomic E-state index is 5.57. The summed E-state index contributed by atoms with van der Waals surface area (Å²) in [6.07, 6.45) is 1.13. The smallest absolute Gasteiger partial charge is 0.164 e. The largest absolute Gasteiger partial charge is 0.493 e. The molecule has 1 atom stereocenters. The van der Waals surface area contributed by atoms with Crippen molar-refractivity contribution in [2.45, 2.75) is 25.8 Å². The number of hydrogen-bond acceptors (Lipinski definition) is 6. The number of benzene rings is 1. The molecule has 2 aromatic rings. The first-order chi connectivity index (χ1) is 10.7. The molecule has 22 heavy (non-hydrogen) atoms. The Balaban J connectivity index is 1.72. The van der Waals surface area contributed by atoms with Gasteiger partial charge in [-0.2, -0.15) is 0 Å². The molecule has 0 N–H and O–H groups in total. The van der Waals surface area contributed by atoms with Gasteiger partial charge >= 0.3 is 0 Å². The van der Waals surface area contributed by atoms with Gasteiger partial charge in [-0.15, -0.1) is 21.5 Å². The van der Waals surface area contributed by atoms with Crippen LogP contribution in [0.2, 0.25) is 0 Å². The van der Waals surface area contributed by atoms with Crippen molar-refractivity contribution in [3.8, 4) is 11.5 Å². The Labute approximate surface area is 134 Å². The molecule has 1 aromatic carbocycles. The summed E-state index contributed by atoms with van der Waals surface area (Å²) < 4.78 is 11.0. The zero-order valence-electron chi connectivity index (χ0n) is 13.2. The van der Waals surface area contributed by atoms with E-state index in [1.54, 1.807) is 25.6 Å². The highest BCUT2D eigenvalue weighted by Gasteiger charge is 2.27. The molecule has 6 heteroatoms. The minimum Gasteiger partial charge on any atom is -0.493 e. The summed E-state index contributed by atoms with van der Waals surface area (Å²) in [6.45, 7) is 4.97. The van der Waals surface area contributed by atoms with Crippen molar-refractivity contribution in [2.75, 3.05) is 27.3 Å². The van der Waals surface area contributed by atoms with Crippen LogP contribution >= 0.6 is 11.3 Å². The van der Waals surface area contributed by atoms with Gasteiger partial charge in [-0.1, -0.05) is 12.1 Å². The van der Waals surface area contributed by atoms with Crippen LogP contribution in [0.25, 0.3) is 0 Å². The third-order valence-electron chi connectivity index (χ3n) is 4.07. The summed E-state index contributed by atoms with van der Waals surface area (Å²) in [4.78, 5) is 2.43. The molecule has 0 radical (unpaired) electrons. The number of nitrogens with zero attached hydrogens (tertiary/aromatic N) is 3. The Hall–Kier alpha value is -1.66. The van der Waals surface area contributed by atoms with Crippen LogP contribution in [0.5, 0.6) is 11.5 Å². The Morgan fingerprint density at radius 2 is 2.14 bits per heavy atom. The standard InChI is InChI=1S/C16H21N3O2S/c1-11-17-18-15(22-11)10-19-8-7-12(9-19)13-5-4-6-14(20-2)16(13)21-3/h4-6,12H,7-10H2,1-3H3/t12-/m0/s1. The summed E-state index contributed by atoms with van der Waals surface area (Å²) >= 11 is 1.68. The van der Waals surface area contributed by atoms with Crippen LogP contribution in [0.15, 0.2) is 18.2 Å². The molecule has 1 fully saturated rings. The van der Waals surface area contributed by atoms with E-state index >= 15 is 0 Å². The van der Waals surface area contributed by atoms with E-state index in [0.717, 1.165) is 47.6 Å². The van der Waals surface area contributed by atoms with Crippen molar-refractivity contribution in [3.05, 3.63) is 33.8 Å². The van der Waals surface area contributed by atoms with Crippen LogP contribution in [-0.2, 0) is 6.54 Å². The van der Waals surface area contributed by atoms with Gasteiger partial charge in [0.2, 0.25) is 0 Å². The molecule has 5 nitrogen and oxygen atoms in total. The highest BCUT2D eigenvalue weighted by molar-refractivity contribution is 7.11. The lowest BCUT2D eigenvalue weighted by Gasteiger charge is -2.18. The summed E-state index contributed by atoms with van der Waals surface area (Å²) in [5.41, 5.74) is 1.23. The highest BCUT2D eigenvalue weighted by atomic mass is 32.1. The van der Waals surface area contributed by atoms with E-state index in [0.29, 0.717) is 5.92 Å². The van der Waals surface area contributed by atoms with Crippen molar-refractivity contribution in [3.63, 3.8) is 0 Å². The Bertz CT molecular complexity index is 644. The molecule has 0 aliphatic carbocycles. The lowest BCUT2D eigenvalue weighted by atomic mass is 9.97. The second kappa shape index (κ2) is 6.62. The molecule has 0 bridgehead atoms. The first-order valence-corrected chi connectivity index (χ1v) is 8.25.